The third kappa shape index (κ3) is 3.43. The molecule has 0 spiro atoms. The highest BCUT2D eigenvalue weighted by atomic mass is 32.2. The molecule has 2 aliphatic carbocycles. The number of nitrogens with zero attached hydrogens (tertiary/aromatic N) is 4. The molecule has 0 saturated heterocycles. The van der Waals surface area contributed by atoms with Crippen LogP contribution in [0.1, 0.15) is 32.6 Å². The Morgan fingerprint density at radius 1 is 1.55 bits per heavy atom. The number of rotatable bonds is 7. The van der Waals surface area contributed by atoms with Crippen LogP contribution in [-0.4, -0.2) is 57.5 Å². The highest BCUT2D eigenvalue weighted by molar-refractivity contribution is 7.96. The molecule has 2 radical (unpaired) electrons. The molecule has 20 heavy (non-hydrogen) atoms. The molecule has 2 rings (SSSR count). The van der Waals surface area contributed by atoms with Gasteiger partial charge in [0.15, 0.2) is 0 Å². The van der Waals surface area contributed by atoms with Crippen molar-refractivity contribution in [2.75, 3.05) is 20.4 Å². The maximum Gasteiger partial charge on any atom is 0.276 e. The van der Waals surface area contributed by atoms with Gasteiger partial charge in [0.25, 0.3) is 5.91 Å². The van der Waals surface area contributed by atoms with Crippen LogP contribution in [0.4, 0.5) is 0 Å². The van der Waals surface area contributed by atoms with Gasteiger partial charge in [0, 0.05) is 19.1 Å². The molecule has 0 aromatic heterocycles. The predicted octanol–water partition coefficient (Wildman–Crippen LogP) is 1.63. The first kappa shape index (κ1) is 16.0. The number of carbonyl (C=O) groups is 1. The van der Waals surface area contributed by atoms with E-state index in [0.29, 0.717) is 6.04 Å². The number of carbonyl (C=O) groups excluding carboxylic acids is 1. The van der Waals surface area contributed by atoms with Crippen molar-refractivity contribution >= 4 is 36.9 Å². The standard InChI is InChI=1S/C13H22N4OS2/c1-13(8-9-13)16(20-4)14-10-7-12(18)15(2)17(3,19)11-5-6-11/h7,11H,5-6,8-9H2,1-4H3. The predicted molar refractivity (Wildman–Crippen MR) is 84.1 cm³/mol. The molecule has 1 unspecified atom stereocenters. The Labute approximate surface area is 131 Å². The van der Waals surface area contributed by atoms with Crippen molar-refractivity contribution in [3.05, 3.63) is 6.42 Å². The molecule has 0 aromatic carbocycles. The van der Waals surface area contributed by atoms with E-state index in [1.165, 1.54) is 6.42 Å². The molecule has 2 aliphatic rings. The number of hydrazone groups is 1. The topological polar surface area (TPSA) is 35.9 Å². The van der Waals surface area contributed by atoms with Gasteiger partial charge in [-0.3, -0.25) is 4.79 Å². The lowest BCUT2D eigenvalue weighted by Crippen LogP contribution is -2.55. The molecule has 2 saturated carbocycles. The van der Waals surface area contributed by atoms with Crippen LogP contribution in [0.25, 0.3) is 0 Å². The van der Waals surface area contributed by atoms with Crippen molar-refractivity contribution in [1.29, 1.82) is 0 Å². The molecule has 0 aromatic rings. The molecule has 112 valence electrons. The van der Waals surface area contributed by atoms with Gasteiger partial charge in [-0.25, -0.2) is 9.42 Å². The van der Waals surface area contributed by atoms with Crippen LogP contribution in [0.5, 0.6) is 0 Å². The molecule has 1 atom stereocenters. The van der Waals surface area contributed by atoms with Crippen LogP contribution in [-0.2, 0) is 17.6 Å². The Morgan fingerprint density at radius 2 is 2.15 bits per heavy atom. The van der Waals surface area contributed by atoms with Gasteiger partial charge in [0.1, 0.15) is 6.42 Å². The van der Waals surface area contributed by atoms with Gasteiger partial charge in [0.05, 0.1) is 31.9 Å². The van der Waals surface area contributed by atoms with Gasteiger partial charge in [-0.2, -0.15) is 5.10 Å². The van der Waals surface area contributed by atoms with E-state index in [9.17, 15) is 4.79 Å². The molecule has 5 nitrogen and oxygen atoms in total. The molecule has 0 aliphatic heterocycles. The second-order valence-corrected chi connectivity index (χ2v) is 7.31. The maximum absolute atomic E-state index is 12.1. The lowest BCUT2D eigenvalue weighted by Gasteiger charge is -2.46. The van der Waals surface area contributed by atoms with Gasteiger partial charge >= 0.3 is 0 Å². The molecular formula is C13H22N4OS2. The summed E-state index contributed by atoms with van der Waals surface area (Å²) in [6.07, 6.45) is 10.6. The second kappa shape index (κ2) is 5.77. The summed E-state index contributed by atoms with van der Waals surface area (Å²) in [7, 11) is 3.62. The van der Waals surface area contributed by atoms with Crippen LogP contribution < -0.4 is 0 Å². The summed E-state index contributed by atoms with van der Waals surface area (Å²) < 4.78 is 2.11. The van der Waals surface area contributed by atoms with Crippen molar-refractivity contribution in [1.82, 2.24) is 9.42 Å². The zero-order valence-corrected chi connectivity index (χ0v) is 14.1. The van der Waals surface area contributed by atoms with Gasteiger partial charge < -0.3 is 16.8 Å². The molecule has 1 amide bonds. The SMILES string of the molecule is CSN(/N=[C]/[CH]C(=O)N(C)[N+](C)([S-])C1CC1)C1(C)CC1. The summed E-state index contributed by atoms with van der Waals surface area (Å²) in [5, 5.41) is 5.81. The smallest absolute Gasteiger partial charge is 0.276 e. The van der Waals surface area contributed by atoms with E-state index < -0.39 is 0 Å². The monoisotopic (exact) mass is 314 g/mol. The lowest BCUT2D eigenvalue weighted by atomic mass is 10.3. The van der Waals surface area contributed by atoms with Crippen molar-refractivity contribution in [3.63, 3.8) is 0 Å². The Hall–Kier alpha value is -0.400. The van der Waals surface area contributed by atoms with E-state index in [4.69, 9.17) is 12.8 Å². The molecule has 0 heterocycles. The third-order valence-corrected chi connectivity index (χ3v) is 5.50. The van der Waals surface area contributed by atoms with Crippen molar-refractivity contribution in [3.8, 4) is 0 Å². The van der Waals surface area contributed by atoms with Crippen LogP contribution in [0.15, 0.2) is 5.10 Å². The number of quaternary nitrogens is 1. The average molecular weight is 314 g/mol. The normalized spacial score (nSPS) is 23.4. The fourth-order valence-corrected chi connectivity index (χ4v) is 3.02. The van der Waals surface area contributed by atoms with Crippen LogP contribution in [0, 0.1) is 6.42 Å². The van der Waals surface area contributed by atoms with Gasteiger partial charge in [-0.1, -0.05) is 0 Å². The molecule has 0 bridgehead atoms. The molecular weight excluding hydrogens is 292 g/mol. The average Bonchev–Trinajstić information content (AvgIpc) is 3.27. The minimum atomic E-state index is -0.153. The Bertz CT molecular complexity index is 405. The summed E-state index contributed by atoms with van der Waals surface area (Å²) in [5.74, 6) is -0.153. The van der Waals surface area contributed by atoms with Crippen molar-refractivity contribution in [2.24, 2.45) is 5.10 Å². The molecule has 0 N–H and O–H groups in total. The van der Waals surface area contributed by atoms with E-state index in [-0.39, 0.29) is 15.4 Å². The number of hydrogen-bond acceptors (Lipinski definition) is 5. The Kier molecular flexibility index (Phi) is 4.61. The first-order valence-electron chi connectivity index (χ1n) is 6.80. The van der Waals surface area contributed by atoms with Crippen LogP contribution in [0.3, 0.4) is 0 Å². The second-order valence-electron chi connectivity index (χ2n) is 5.86. The minimum absolute atomic E-state index is 0.131. The fourth-order valence-electron chi connectivity index (χ4n) is 1.98. The van der Waals surface area contributed by atoms with E-state index in [0.717, 1.165) is 25.7 Å². The maximum atomic E-state index is 12.1. The van der Waals surface area contributed by atoms with Gasteiger partial charge in [0.2, 0.25) is 0 Å². The highest BCUT2D eigenvalue weighted by Gasteiger charge is 2.43. The Balaban J connectivity index is 1.85. The van der Waals surface area contributed by atoms with E-state index >= 15 is 0 Å². The summed E-state index contributed by atoms with van der Waals surface area (Å²) in [4.78, 5) is 12.1. The number of hydrogen-bond donors (Lipinski definition) is 0. The Morgan fingerprint density at radius 3 is 2.60 bits per heavy atom. The summed E-state index contributed by atoms with van der Waals surface area (Å²) >= 11 is 7.03. The van der Waals surface area contributed by atoms with E-state index in [2.05, 4.69) is 18.2 Å². The number of amides is 1. The molecule has 2 fully saturated rings. The summed E-state index contributed by atoms with van der Waals surface area (Å²) in [6, 6.07) is 0.386. The zero-order valence-electron chi connectivity index (χ0n) is 12.5. The van der Waals surface area contributed by atoms with Crippen LogP contribution >= 0.6 is 11.9 Å². The quantitative estimate of drug-likeness (QED) is 0.235. The molecule has 7 heteroatoms. The summed E-state index contributed by atoms with van der Waals surface area (Å²) in [5.41, 5.74) is 0.131. The van der Waals surface area contributed by atoms with Crippen molar-refractivity contribution in [2.45, 2.75) is 44.2 Å². The summed E-state index contributed by atoms with van der Waals surface area (Å²) in [6.45, 7) is 2.16. The zero-order chi connectivity index (χ0) is 15.0. The third-order valence-electron chi connectivity index (χ3n) is 4.08. The largest absolute Gasteiger partial charge is 0.463 e. The van der Waals surface area contributed by atoms with Gasteiger partial charge in [-0.05, 0) is 31.7 Å². The first-order valence-corrected chi connectivity index (χ1v) is 8.35. The van der Waals surface area contributed by atoms with Crippen molar-refractivity contribution < 1.29 is 8.79 Å². The van der Waals surface area contributed by atoms with Crippen LogP contribution in [0.2, 0.25) is 0 Å². The highest BCUT2D eigenvalue weighted by Crippen LogP contribution is 2.44. The minimum Gasteiger partial charge on any atom is -0.463 e. The fraction of sp³-hybridized carbons (Fsp3) is 0.769. The lowest BCUT2D eigenvalue weighted by molar-refractivity contribution is -0.892. The first-order chi connectivity index (χ1) is 9.31. The van der Waals surface area contributed by atoms with E-state index in [1.54, 1.807) is 24.0 Å². The van der Waals surface area contributed by atoms with E-state index in [1.807, 2.05) is 17.7 Å². The van der Waals surface area contributed by atoms with Gasteiger partial charge in [-0.15, -0.1) is 0 Å².